The average molecular weight is 429 g/mol. The Morgan fingerprint density at radius 1 is 1.04 bits per heavy atom. The van der Waals surface area contributed by atoms with Gasteiger partial charge in [0.25, 0.3) is 0 Å². The first kappa shape index (κ1) is 18.5. The van der Waals surface area contributed by atoms with E-state index in [2.05, 4.69) is 26.2 Å². The van der Waals surface area contributed by atoms with Crippen molar-refractivity contribution in [3.63, 3.8) is 0 Å². The van der Waals surface area contributed by atoms with Crippen molar-refractivity contribution in [1.82, 2.24) is 4.98 Å². The lowest BCUT2D eigenvalue weighted by Gasteiger charge is -2.03. The molecule has 2 aromatic carbocycles. The van der Waals surface area contributed by atoms with Crippen molar-refractivity contribution in [2.24, 2.45) is 0 Å². The van der Waals surface area contributed by atoms with Gasteiger partial charge in [0, 0.05) is 33.8 Å². The predicted molar refractivity (Wildman–Crippen MR) is 109 cm³/mol. The topological polar surface area (TPSA) is 59.1 Å². The summed E-state index contributed by atoms with van der Waals surface area (Å²) >= 11 is 4.77. The van der Waals surface area contributed by atoms with E-state index in [1.165, 1.54) is 11.3 Å². The molecule has 0 aliphatic carbocycles. The third kappa shape index (κ3) is 4.86. The number of carbonyl (C=O) groups is 2. The molecule has 0 aliphatic rings. The van der Waals surface area contributed by atoms with Crippen LogP contribution in [0.2, 0.25) is 0 Å². The zero-order valence-electron chi connectivity index (χ0n) is 14.2. The standard InChI is InChI=1S/C20H17BrN2O2S/c1-13-2-4-15(5-3-13)18(24)10-11-19(25)23-20-22-17(12-26-20)14-6-8-16(21)9-7-14/h2-9,12H,10-11H2,1H3,(H,22,23,25). The molecule has 0 fully saturated rings. The maximum absolute atomic E-state index is 12.1. The summed E-state index contributed by atoms with van der Waals surface area (Å²) in [6, 6.07) is 15.2. The second kappa shape index (κ2) is 8.38. The normalized spacial score (nSPS) is 10.5. The lowest BCUT2D eigenvalue weighted by molar-refractivity contribution is -0.116. The number of ketones is 1. The van der Waals surface area contributed by atoms with Crippen molar-refractivity contribution in [2.45, 2.75) is 19.8 Å². The summed E-state index contributed by atoms with van der Waals surface area (Å²) in [7, 11) is 0. The highest BCUT2D eigenvalue weighted by Crippen LogP contribution is 2.26. The molecule has 1 N–H and O–H groups in total. The number of benzene rings is 2. The molecular formula is C20H17BrN2O2S. The summed E-state index contributed by atoms with van der Waals surface area (Å²) in [4.78, 5) is 28.7. The SMILES string of the molecule is Cc1ccc(C(=O)CCC(=O)Nc2nc(-c3ccc(Br)cc3)cs2)cc1. The Morgan fingerprint density at radius 3 is 2.42 bits per heavy atom. The number of anilines is 1. The van der Waals surface area contributed by atoms with E-state index in [-0.39, 0.29) is 24.5 Å². The fourth-order valence-corrected chi connectivity index (χ4v) is 3.38. The minimum Gasteiger partial charge on any atom is -0.302 e. The van der Waals surface area contributed by atoms with Gasteiger partial charge in [-0.2, -0.15) is 0 Å². The minimum absolute atomic E-state index is 0.0326. The van der Waals surface area contributed by atoms with E-state index in [0.717, 1.165) is 21.3 Å². The van der Waals surface area contributed by atoms with Crippen LogP contribution in [0.15, 0.2) is 58.4 Å². The van der Waals surface area contributed by atoms with E-state index in [9.17, 15) is 9.59 Å². The summed E-state index contributed by atoms with van der Waals surface area (Å²) in [5.41, 5.74) is 3.54. The van der Waals surface area contributed by atoms with Crippen LogP contribution in [0.1, 0.15) is 28.8 Å². The molecule has 0 aliphatic heterocycles. The lowest BCUT2D eigenvalue weighted by atomic mass is 10.1. The number of Topliss-reactive ketones (excluding diaryl/α,β-unsaturated/α-hetero) is 1. The molecule has 0 radical (unpaired) electrons. The Balaban J connectivity index is 1.54. The molecule has 3 rings (SSSR count). The third-order valence-corrected chi connectivity index (χ3v) is 5.13. The predicted octanol–water partition coefficient (Wildman–Crippen LogP) is 5.48. The summed E-state index contributed by atoms with van der Waals surface area (Å²) in [6.45, 7) is 1.97. The highest BCUT2D eigenvalue weighted by atomic mass is 79.9. The Bertz CT molecular complexity index is 918. The van der Waals surface area contributed by atoms with E-state index in [4.69, 9.17) is 0 Å². The molecule has 6 heteroatoms. The van der Waals surface area contributed by atoms with E-state index < -0.39 is 0 Å². The van der Waals surface area contributed by atoms with Gasteiger partial charge in [-0.3, -0.25) is 9.59 Å². The Kier molecular flexibility index (Phi) is 5.96. The second-order valence-corrected chi connectivity index (χ2v) is 7.66. The number of halogens is 1. The van der Waals surface area contributed by atoms with Crippen LogP contribution in [0.4, 0.5) is 5.13 Å². The summed E-state index contributed by atoms with van der Waals surface area (Å²) < 4.78 is 1.00. The van der Waals surface area contributed by atoms with Crippen LogP contribution in [-0.2, 0) is 4.79 Å². The van der Waals surface area contributed by atoms with Gasteiger partial charge in [-0.15, -0.1) is 11.3 Å². The van der Waals surface area contributed by atoms with E-state index >= 15 is 0 Å². The largest absolute Gasteiger partial charge is 0.302 e. The first-order chi connectivity index (χ1) is 12.5. The van der Waals surface area contributed by atoms with Crippen molar-refractivity contribution in [1.29, 1.82) is 0 Å². The van der Waals surface area contributed by atoms with Crippen molar-refractivity contribution in [2.75, 3.05) is 5.32 Å². The van der Waals surface area contributed by atoms with Gasteiger partial charge in [-0.05, 0) is 19.1 Å². The number of nitrogens with zero attached hydrogens (tertiary/aromatic N) is 1. The van der Waals surface area contributed by atoms with E-state index in [0.29, 0.717) is 10.7 Å². The number of amides is 1. The van der Waals surface area contributed by atoms with Gasteiger partial charge in [-0.1, -0.05) is 57.9 Å². The molecular weight excluding hydrogens is 412 g/mol. The molecule has 132 valence electrons. The quantitative estimate of drug-likeness (QED) is 0.528. The minimum atomic E-state index is -0.206. The number of aromatic nitrogens is 1. The monoisotopic (exact) mass is 428 g/mol. The van der Waals surface area contributed by atoms with Gasteiger partial charge in [0.05, 0.1) is 5.69 Å². The molecule has 26 heavy (non-hydrogen) atoms. The first-order valence-electron chi connectivity index (χ1n) is 8.12. The van der Waals surface area contributed by atoms with Gasteiger partial charge in [0.15, 0.2) is 10.9 Å². The molecule has 4 nitrogen and oxygen atoms in total. The molecule has 0 unspecified atom stereocenters. The Labute approximate surface area is 164 Å². The Hall–Kier alpha value is -2.31. The van der Waals surface area contributed by atoms with Crippen LogP contribution in [0, 0.1) is 6.92 Å². The van der Waals surface area contributed by atoms with Crippen molar-refractivity contribution in [3.05, 3.63) is 69.5 Å². The van der Waals surface area contributed by atoms with Gasteiger partial charge in [0.1, 0.15) is 0 Å². The number of hydrogen-bond acceptors (Lipinski definition) is 4. The van der Waals surface area contributed by atoms with Crippen LogP contribution in [0.25, 0.3) is 11.3 Å². The van der Waals surface area contributed by atoms with Gasteiger partial charge in [0.2, 0.25) is 5.91 Å². The molecule has 0 bridgehead atoms. The fourth-order valence-electron chi connectivity index (χ4n) is 2.38. The summed E-state index contributed by atoms with van der Waals surface area (Å²) in [5, 5.41) is 5.20. The molecule has 1 amide bonds. The molecule has 0 saturated carbocycles. The third-order valence-electron chi connectivity index (χ3n) is 3.84. The number of hydrogen-bond donors (Lipinski definition) is 1. The van der Waals surface area contributed by atoms with Crippen molar-refractivity contribution >= 4 is 44.1 Å². The van der Waals surface area contributed by atoms with Crippen LogP contribution in [0.3, 0.4) is 0 Å². The summed E-state index contributed by atoms with van der Waals surface area (Å²) in [6.07, 6.45) is 0.319. The highest BCUT2D eigenvalue weighted by molar-refractivity contribution is 9.10. The zero-order chi connectivity index (χ0) is 18.5. The first-order valence-corrected chi connectivity index (χ1v) is 9.80. The molecule has 0 spiro atoms. The zero-order valence-corrected chi connectivity index (χ0v) is 16.6. The summed E-state index contributed by atoms with van der Waals surface area (Å²) in [5.74, 6) is -0.239. The molecule has 3 aromatic rings. The second-order valence-electron chi connectivity index (χ2n) is 5.88. The average Bonchev–Trinajstić information content (AvgIpc) is 3.09. The van der Waals surface area contributed by atoms with Crippen LogP contribution in [-0.4, -0.2) is 16.7 Å². The van der Waals surface area contributed by atoms with Crippen LogP contribution in [0.5, 0.6) is 0 Å². The molecule has 0 atom stereocenters. The van der Waals surface area contributed by atoms with Gasteiger partial charge in [-0.25, -0.2) is 4.98 Å². The maximum atomic E-state index is 12.1. The number of rotatable bonds is 6. The number of carbonyl (C=O) groups excluding carboxylic acids is 2. The molecule has 1 heterocycles. The smallest absolute Gasteiger partial charge is 0.226 e. The number of thiazole rings is 1. The van der Waals surface area contributed by atoms with E-state index in [1.54, 1.807) is 12.1 Å². The van der Waals surface area contributed by atoms with Crippen molar-refractivity contribution in [3.8, 4) is 11.3 Å². The van der Waals surface area contributed by atoms with Crippen molar-refractivity contribution < 1.29 is 9.59 Å². The van der Waals surface area contributed by atoms with Gasteiger partial charge < -0.3 is 5.32 Å². The van der Waals surface area contributed by atoms with Crippen LogP contribution >= 0.6 is 27.3 Å². The Morgan fingerprint density at radius 2 is 1.73 bits per heavy atom. The lowest BCUT2D eigenvalue weighted by Crippen LogP contribution is -2.13. The highest BCUT2D eigenvalue weighted by Gasteiger charge is 2.11. The molecule has 1 aromatic heterocycles. The number of aryl methyl sites for hydroxylation is 1. The number of nitrogens with one attached hydrogen (secondary N) is 1. The van der Waals surface area contributed by atoms with E-state index in [1.807, 2.05) is 48.7 Å². The molecule has 0 saturated heterocycles. The van der Waals surface area contributed by atoms with Crippen LogP contribution < -0.4 is 5.32 Å². The van der Waals surface area contributed by atoms with Gasteiger partial charge >= 0.3 is 0 Å². The fraction of sp³-hybridized carbons (Fsp3) is 0.150. The maximum Gasteiger partial charge on any atom is 0.226 e.